The molecule has 1 aromatic rings. The van der Waals surface area contributed by atoms with Gasteiger partial charge in [-0.2, -0.15) is 0 Å². The van der Waals surface area contributed by atoms with Gasteiger partial charge in [0.1, 0.15) is 5.75 Å². The fourth-order valence-electron chi connectivity index (χ4n) is 1.67. The van der Waals surface area contributed by atoms with Crippen LogP contribution in [-0.2, 0) is 4.79 Å². The van der Waals surface area contributed by atoms with E-state index in [4.69, 9.17) is 4.74 Å². The summed E-state index contributed by atoms with van der Waals surface area (Å²) in [7, 11) is 0. The fourth-order valence-corrected chi connectivity index (χ4v) is 1.67. The summed E-state index contributed by atoms with van der Waals surface area (Å²) in [5.41, 5.74) is 1.15. The first kappa shape index (κ1) is 14.5. The van der Waals surface area contributed by atoms with Crippen molar-refractivity contribution >= 4 is 5.91 Å². The van der Waals surface area contributed by atoms with Crippen LogP contribution in [0.1, 0.15) is 25.8 Å². The molecule has 4 nitrogen and oxygen atoms in total. The highest BCUT2D eigenvalue weighted by atomic mass is 16.5. The number of ether oxygens (including phenoxy) is 1. The van der Waals surface area contributed by atoms with E-state index in [2.05, 4.69) is 5.32 Å². The number of aliphatic hydroxyl groups excluding tert-OH is 1. The molecule has 0 aromatic heterocycles. The van der Waals surface area contributed by atoms with Crippen molar-refractivity contribution < 1.29 is 14.6 Å². The Morgan fingerprint density at radius 3 is 2.50 bits per heavy atom. The highest BCUT2D eigenvalue weighted by Gasteiger charge is 2.10. The van der Waals surface area contributed by atoms with Gasteiger partial charge in [0.2, 0.25) is 0 Å². The predicted octanol–water partition coefficient (Wildman–Crippen LogP) is 1.65. The number of aliphatic hydroxyl groups is 1. The molecule has 1 amide bonds. The van der Waals surface area contributed by atoms with Crippen molar-refractivity contribution in [2.24, 2.45) is 0 Å². The summed E-state index contributed by atoms with van der Waals surface area (Å²) in [6.45, 7) is 5.55. The zero-order chi connectivity index (χ0) is 13.5. The lowest BCUT2D eigenvalue weighted by Crippen LogP contribution is -2.37. The van der Waals surface area contributed by atoms with Crippen molar-refractivity contribution in [2.75, 3.05) is 6.61 Å². The second-order valence-electron chi connectivity index (χ2n) is 4.66. The maximum Gasteiger partial charge on any atom is 0.258 e. The third kappa shape index (κ3) is 5.68. The van der Waals surface area contributed by atoms with Crippen LogP contribution in [0.25, 0.3) is 0 Å². The van der Waals surface area contributed by atoms with E-state index in [0.29, 0.717) is 12.2 Å². The first-order valence-corrected chi connectivity index (χ1v) is 6.14. The van der Waals surface area contributed by atoms with Crippen molar-refractivity contribution in [3.8, 4) is 5.75 Å². The van der Waals surface area contributed by atoms with E-state index in [1.807, 2.05) is 38.1 Å². The highest BCUT2D eigenvalue weighted by molar-refractivity contribution is 5.77. The molecule has 100 valence electrons. The number of carbonyl (C=O) groups is 1. The molecule has 1 aromatic carbocycles. The summed E-state index contributed by atoms with van der Waals surface area (Å²) in [5.74, 6) is 0.502. The van der Waals surface area contributed by atoms with Crippen LogP contribution in [0.2, 0.25) is 0 Å². The van der Waals surface area contributed by atoms with Crippen LogP contribution < -0.4 is 10.1 Å². The maximum atomic E-state index is 11.6. The first-order chi connectivity index (χ1) is 8.47. The molecule has 0 saturated carbocycles. The number of hydrogen-bond acceptors (Lipinski definition) is 3. The number of nitrogens with one attached hydrogen (secondary N) is 1. The Kier molecular flexibility index (Phi) is 5.65. The summed E-state index contributed by atoms with van der Waals surface area (Å²) in [4.78, 5) is 11.6. The molecule has 0 aliphatic rings. The molecule has 18 heavy (non-hydrogen) atoms. The fraction of sp³-hybridized carbons (Fsp3) is 0.500. The largest absolute Gasteiger partial charge is 0.484 e. The topological polar surface area (TPSA) is 58.6 Å². The van der Waals surface area contributed by atoms with Crippen LogP contribution >= 0.6 is 0 Å². The van der Waals surface area contributed by atoms with Gasteiger partial charge < -0.3 is 15.2 Å². The minimum Gasteiger partial charge on any atom is -0.484 e. The Morgan fingerprint density at radius 1 is 1.33 bits per heavy atom. The molecular weight excluding hydrogens is 230 g/mol. The SMILES string of the molecule is Cc1ccc(OCC(=O)NC(C)CC(C)O)cc1. The van der Waals surface area contributed by atoms with Crippen molar-refractivity contribution in [2.45, 2.75) is 39.3 Å². The van der Waals surface area contributed by atoms with Crippen molar-refractivity contribution in [3.05, 3.63) is 29.8 Å². The molecule has 0 fully saturated rings. The zero-order valence-corrected chi connectivity index (χ0v) is 11.1. The Balaban J connectivity index is 2.30. The van der Waals surface area contributed by atoms with E-state index in [0.717, 1.165) is 5.56 Å². The molecule has 1 rings (SSSR count). The first-order valence-electron chi connectivity index (χ1n) is 6.14. The lowest BCUT2D eigenvalue weighted by molar-refractivity contribution is -0.123. The number of aryl methyl sites for hydroxylation is 1. The van der Waals surface area contributed by atoms with Gasteiger partial charge in [-0.05, 0) is 39.3 Å². The van der Waals surface area contributed by atoms with Crippen LogP contribution in [0.15, 0.2) is 24.3 Å². The summed E-state index contributed by atoms with van der Waals surface area (Å²) in [6.07, 6.45) is 0.120. The maximum absolute atomic E-state index is 11.6. The molecule has 0 aliphatic carbocycles. The molecule has 0 aliphatic heterocycles. The van der Waals surface area contributed by atoms with Crippen molar-refractivity contribution in [1.82, 2.24) is 5.32 Å². The summed E-state index contributed by atoms with van der Waals surface area (Å²) in [6, 6.07) is 7.48. The van der Waals surface area contributed by atoms with E-state index >= 15 is 0 Å². The smallest absolute Gasteiger partial charge is 0.258 e. The van der Waals surface area contributed by atoms with Gasteiger partial charge in [-0.15, -0.1) is 0 Å². The van der Waals surface area contributed by atoms with Gasteiger partial charge in [0.05, 0.1) is 6.10 Å². The number of benzene rings is 1. The van der Waals surface area contributed by atoms with Gasteiger partial charge >= 0.3 is 0 Å². The number of amides is 1. The number of rotatable bonds is 6. The number of hydrogen-bond donors (Lipinski definition) is 2. The molecule has 4 heteroatoms. The van der Waals surface area contributed by atoms with Gasteiger partial charge in [-0.25, -0.2) is 0 Å². The second-order valence-corrected chi connectivity index (χ2v) is 4.66. The Bertz CT molecular complexity index is 373. The highest BCUT2D eigenvalue weighted by Crippen LogP contribution is 2.10. The molecule has 0 saturated heterocycles. The molecule has 0 radical (unpaired) electrons. The van der Waals surface area contributed by atoms with E-state index in [9.17, 15) is 9.90 Å². The van der Waals surface area contributed by atoms with E-state index in [1.165, 1.54) is 0 Å². The van der Waals surface area contributed by atoms with Gasteiger partial charge in [-0.3, -0.25) is 4.79 Å². The van der Waals surface area contributed by atoms with Crippen LogP contribution in [0, 0.1) is 6.92 Å². The van der Waals surface area contributed by atoms with Crippen LogP contribution in [-0.4, -0.2) is 29.8 Å². The minimum atomic E-state index is -0.418. The monoisotopic (exact) mass is 251 g/mol. The average molecular weight is 251 g/mol. The third-order valence-corrected chi connectivity index (χ3v) is 2.49. The van der Waals surface area contributed by atoms with Crippen molar-refractivity contribution in [1.29, 1.82) is 0 Å². The minimum absolute atomic E-state index is 0.00674. The zero-order valence-electron chi connectivity index (χ0n) is 11.1. The summed E-state index contributed by atoms with van der Waals surface area (Å²) in [5, 5.41) is 12.0. The molecule has 0 spiro atoms. The second kappa shape index (κ2) is 7.01. The van der Waals surface area contributed by atoms with E-state index < -0.39 is 6.10 Å². The van der Waals surface area contributed by atoms with Gasteiger partial charge in [0.15, 0.2) is 6.61 Å². The Hall–Kier alpha value is -1.55. The Morgan fingerprint density at radius 2 is 1.94 bits per heavy atom. The van der Waals surface area contributed by atoms with Gasteiger partial charge in [-0.1, -0.05) is 17.7 Å². The summed E-state index contributed by atoms with van der Waals surface area (Å²) >= 11 is 0. The normalized spacial score (nSPS) is 13.8. The van der Waals surface area contributed by atoms with Crippen LogP contribution in [0.4, 0.5) is 0 Å². The molecule has 2 atom stereocenters. The van der Waals surface area contributed by atoms with E-state index in [1.54, 1.807) is 6.92 Å². The lowest BCUT2D eigenvalue weighted by atomic mass is 10.1. The predicted molar refractivity (Wildman–Crippen MR) is 70.6 cm³/mol. The standard InChI is InChI=1S/C14H21NO3/c1-10-4-6-13(7-5-10)18-9-14(17)15-11(2)8-12(3)16/h4-7,11-12,16H,8-9H2,1-3H3,(H,15,17). The Labute approximate surface area is 108 Å². The molecule has 2 N–H and O–H groups in total. The van der Waals surface area contributed by atoms with Crippen LogP contribution in [0.3, 0.4) is 0 Å². The van der Waals surface area contributed by atoms with E-state index in [-0.39, 0.29) is 18.6 Å². The number of carbonyl (C=O) groups excluding carboxylic acids is 1. The average Bonchev–Trinajstić information content (AvgIpc) is 2.27. The quantitative estimate of drug-likeness (QED) is 0.808. The van der Waals surface area contributed by atoms with Gasteiger partial charge in [0.25, 0.3) is 5.91 Å². The van der Waals surface area contributed by atoms with Gasteiger partial charge in [0, 0.05) is 6.04 Å². The van der Waals surface area contributed by atoms with Crippen molar-refractivity contribution in [3.63, 3.8) is 0 Å². The molecule has 0 heterocycles. The molecule has 0 bridgehead atoms. The molecule has 2 unspecified atom stereocenters. The summed E-state index contributed by atoms with van der Waals surface area (Å²) < 4.78 is 5.35. The molecular formula is C14H21NO3. The lowest BCUT2D eigenvalue weighted by Gasteiger charge is -2.15. The van der Waals surface area contributed by atoms with Crippen LogP contribution in [0.5, 0.6) is 5.75 Å². The third-order valence-electron chi connectivity index (χ3n) is 2.49.